The van der Waals surface area contributed by atoms with Crippen molar-refractivity contribution in [2.45, 2.75) is 19.4 Å². The number of anilines is 6. The molecule has 0 saturated carbocycles. The van der Waals surface area contributed by atoms with Crippen LogP contribution < -0.4 is 9.80 Å². The molecule has 2 aliphatic carbocycles. The Hall–Kier alpha value is -6.58. The molecule has 0 aliphatic heterocycles. The highest BCUT2D eigenvalue weighted by atomic mass is 15.3. The van der Waals surface area contributed by atoms with Crippen LogP contribution in [0.25, 0.3) is 22.3 Å². The van der Waals surface area contributed by atoms with Crippen LogP contribution in [0.4, 0.5) is 34.4 Å². The average molecular weight is 668 g/mol. The van der Waals surface area contributed by atoms with Gasteiger partial charge < -0.3 is 4.57 Å². The lowest BCUT2D eigenvalue weighted by Crippen LogP contribution is -2.20. The lowest BCUT2D eigenvalue weighted by atomic mass is 10.0. The van der Waals surface area contributed by atoms with Gasteiger partial charge >= 0.3 is 0 Å². The predicted molar refractivity (Wildman–Crippen MR) is 216 cm³/mol. The van der Waals surface area contributed by atoms with E-state index < -0.39 is 0 Å². The molecule has 0 unspecified atom stereocenters. The summed E-state index contributed by atoms with van der Waals surface area (Å²) < 4.78 is 2.49. The van der Waals surface area contributed by atoms with Crippen molar-refractivity contribution < 1.29 is 0 Å². The van der Waals surface area contributed by atoms with E-state index in [9.17, 15) is 0 Å². The number of benzene rings is 7. The average Bonchev–Trinajstić information content (AvgIpc) is 3.89. The third-order valence-electron chi connectivity index (χ3n) is 10.7. The highest BCUT2D eigenvalue weighted by molar-refractivity contribution is 5.86. The molecule has 0 fully saturated rings. The number of para-hydroxylation sites is 2. The number of nitrogens with zero attached hydrogens (tertiary/aromatic N) is 3. The Labute approximate surface area is 305 Å². The Morgan fingerprint density at radius 2 is 0.750 bits per heavy atom. The zero-order chi connectivity index (χ0) is 34.4. The predicted octanol–water partition coefficient (Wildman–Crippen LogP) is 12.6. The van der Waals surface area contributed by atoms with E-state index >= 15 is 0 Å². The van der Waals surface area contributed by atoms with Crippen molar-refractivity contribution in [1.82, 2.24) is 4.57 Å². The summed E-state index contributed by atoms with van der Waals surface area (Å²) in [5, 5.41) is 0. The first-order chi connectivity index (χ1) is 25.8. The smallest absolute Gasteiger partial charge is 0.119 e. The van der Waals surface area contributed by atoms with Crippen molar-refractivity contribution in [2.24, 2.45) is 0 Å². The van der Waals surface area contributed by atoms with E-state index in [2.05, 4.69) is 202 Å². The first-order valence-electron chi connectivity index (χ1n) is 18.1. The summed E-state index contributed by atoms with van der Waals surface area (Å²) in [4.78, 5) is 4.86. The van der Waals surface area contributed by atoms with E-state index in [-0.39, 0.29) is 0 Å². The molecule has 0 radical (unpaired) electrons. The molecule has 0 bridgehead atoms. The van der Waals surface area contributed by atoms with Crippen LogP contribution >= 0.6 is 0 Å². The zero-order valence-electron chi connectivity index (χ0n) is 28.9. The third kappa shape index (κ3) is 5.21. The van der Waals surface area contributed by atoms with Crippen LogP contribution in [0.5, 0.6) is 0 Å². The van der Waals surface area contributed by atoms with Gasteiger partial charge in [0.1, 0.15) is 11.6 Å². The van der Waals surface area contributed by atoms with Gasteiger partial charge in [-0.1, -0.05) is 127 Å². The molecule has 3 heteroatoms. The van der Waals surface area contributed by atoms with Crippen LogP contribution in [-0.4, -0.2) is 4.57 Å². The molecule has 10 rings (SSSR count). The van der Waals surface area contributed by atoms with Crippen molar-refractivity contribution in [3.8, 4) is 22.3 Å². The summed E-state index contributed by atoms with van der Waals surface area (Å²) in [7, 11) is 0. The fraction of sp³-hybridized carbons (Fsp3) is 0.0612. The van der Waals surface area contributed by atoms with Gasteiger partial charge in [0.25, 0.3) is 0 Å². The maximum Gasteiger partial charge on any atom is 0.119 e. The molecule has 3 nitrogen and oxygen atoms in total. The first-order valence-corrected chi connectivity index (χ1v) is 18.1. The van der Waals surface area contributed by atoms with Crippen LogP contribution in [0.2, 0.25) is 0 Å². The van der Waals surface area contributed by atoms with Crippen LogP contribution in [0.15, 0.2) is 188 Å². The van der Waals surface area contributed by atoms with E-state index in [0.29, 0.717) is 6.54 Å². The molecule has 0 atom stereocenters. The standard InChI is InChI=1S/C49H37N3/c1-4-14-35(15-5-1)34-50-48(51(40-18-6-2-7-19-40)42-24-26-46-38(32-42)30-36-16-10-12-22-44(36)46)28-29-49(50)52(41-20-8-3-9-21-41)43-25-27-47-39(33-43)31-37-17-11-13-23-45(37)47/h1-29,32-33H,30-31,34H2. The lowest BCUT2D eigenvalue weighted by molar-refractivity contribution is 0.798. The first kappa shape index (κ1) is 30.3. The van der Waals surface area contributed by atoms with E-state index in [0.717, 1.165) is 47.2 Å². The SMILES string of the molecule is c1ccc(Cn2c(N(c3ccccc3)c3ccc4c(c3)Cc3ccccc3-4)ccc2N(c2ccccc2)c2ccc3c(c2)Cc2ccccc2-3)cc1. The molecule has 248 valence electrons. The van der Waals surface area contributed by atoms with Gasteiger partial charge in [-0.25, -0.2) is 0 Å². The summed E-state index contributed by atoms with van der Waals surface area (Å²) in [6, 6.07) is 68.7. The van der Waals surface area contributed by atoms with E-state index in [1.807, 2.05) is 0 Å². The largest absolute Gasteiger partial charge is 0.309 e. The van der Waals surface area contributed by atoms with Gasteiger partial charge in [0.05, 0.1) is 6.54 Å². The van der Waals surface area contributed by atoms with E-state index in [4.69, 9.17) is 0 Å². The minimum Gasteiger partial charge on any atom is -0.309 e. The number of fused-ring (bicyclic) bond motifs is 6. The second-order valence-corrected chi connectivity index (χ2v) is 13.8. The van der Waals surface area contributed by atoms with Gasteiger partial charge in [0.15, 0.2) is 0 Å². The Kier molecular flexibility index (Phi) is 7.35. The Morgan fingerprint density at radius 1 is 0.346 bits per heavy atom. The highest BCUT2D eigenvalue weighted by Crippen LogP contribution is 2.46. The second-order valence-electron chi connectivity index (χ2n) is 13.8. The summed E-state index contributed by atoms with van der Waals surface area (Å²) in [6.07, 6.45) is 1.89. The van der Waals surface area contributed by atoms with Crippen LogP contribution in [0.1, 0.15) is 27.8 Å². The van der Waals surface area contributed by atoms with Crippen molar-refractivity contribution in [2.75, 3.05) is 9.80 Å². The van der Waals surface area contributed by atoms with Gasteiger partial charge in [-0.05, 0) is 124 Å². The summed E-state index contributed by atoms with van der Waals surface area (Å²) in [6.45, 7) is 0.706. The number of aromatic nitrogens is 1. The normalized spacial score (nSPS) is 12.2. The van der Waals surface area contributed by atoms with Crippen molar-refractivity contribution in [3.05, 3.63) is 216 Å². The molecular weight excluding hydrogens is 631 g/mol. The fourth-order valence-electron chi connectivity index (χ4n) is 8.29. The Bertz CT molecular complexity index is 2390. The molecule has 1 aromatic heterocycles. The van der Waals surface area contributed by atoms with Crippen LogP contribution in [-0.2, 0) is 19.4 Å². The molecule has 8 aromatic rings. The van der Waals surface area contributed by atoms with Crippen molar-refractivity contribution in [1.29, 1.82) is 0 Å². The maximum atomic E-state index is 2.49. The van der Waals surface area contributed by atoms with Crippen LogP contribution in [0.3, 0.4) is 0 Å². The Balaban J connectivity index is 1.16. The fourth-order valence-corrected chi connectivity index (χ4v) is 8.29. The quantitative estimate of drug-likeness (QED) is 0.160. The minimum atomic E-state index is 0.706. The lowest BCUT2D eigenvalue weighted by Gasteiger charge is -2.31. The zero-order valence-corrected chi connectivity index (χ0v) is 28.9. The molecule has 7 aromatic carbocycles. The van der Waals surface area contributed by atoms with Crippen molar-refractivity contribution >= 4 is 34.4 Å². The van der Waals surface area contributed by atoms with Gasteiger partial charge in [0.2, 0.25) is 0 Å². The molecule has 52 heavy (non-hydrogen) atoms. The second kappa shape index (κ2) is 12.6. The minimum absolute atomic E-state index is 0.706. The molecule has 0 N–H and O–H groups in total. The van der Waals surface area contributed by atoms with Gasteiger partial charge in [-0.2, -0.15) is 0 Å². The number of hydrogen-bond acceptors (Lipinski definition) is 2. The summed E-state index contributed by atoms with van der Waals surface area (Å²) in [5.74, 6) is 2.21. The van der Waals surface area contributed by atoms with Gasteiger partial charge in [-0.15, -0.1) is 0 Å². The van der Waals surface area contributed by atoms with E-state index in [1.165, 1.54) is 50.1 Å². The molecule has 1 heterocycles. The molecule has 0 saturated heterocycles. The number of rotatable bonds is 8. The molecule has 2 aliphatic rings. The molecular formula is C49H37N3. The van der Waals surface area contributed by atoms with Gasteiger partial charge in [-0.3, -0.25) is 9.80 Å². The van der Waals surface area contributed by atoms with E-state index in [1.54, 1.807) is 0 Å². The summed E-state index contributed by atoms with van der Waals surface area (Å²) in [5.41, 5.74) is 16.7. The van der Waals surface area contributed by atoms with Crippen LogP contribution in [0, 0.1) is 0 Å². The molecule has 0 spiro atoms. The van der Waals surface area contributed by atoms with Crippen molar-refractivity contribution in [3.63, 3.8) is 0 Å². The monoisotopic (exact) mass is 667 g/mol. The third-order valence-corrected chi connectivity index (χ3v) is 10.7. The maximum absolute atomic E-state index is 2.49. The molecule has 0 amide bonds. The Morgan fingerprint density at radius 3 is 1.23 bits per heavy atom. The highest BCUT2D eigenvalue weighted by Gasteiger charge is 2.27. The number of hydrogen-bond donors (Lipinski definition) is 0. The topological polar surface area (TPSA) is 11.4 Å². The van der Waals surface area contributed by atoms with Gasteiger partial charge in [0, 0.05) is 22.7 Å². The summed E-state index contributed by atoms with van der Waals surface area (Å²) >= 11 is 0.